The molecule has 0 amide bonds. The molecule has 1 N–H and O–H groups in total. The van der Waals surface area contributed by atoms with Gasteiger partial charge in [-0.3, -0.25) is 5.32 Å². The first-order valence-corrected chi connectivity index (χ1v) is 7.74. The van der Waals surface area contributed by atoms with Crippen LogP contribution in [-0.4, -0.2) is 25.2 Å². The smallest absolute Gasteiger partial charge is 0.106 e. The van der Waals surface area contributed by atoms with Crippen LogP contribution in [0.25, 0.3) is 0 Å². The lowest BCUT2D eigenvalue weighted by atomic mass is 9.92. The molecule has 1 atom stereocenters. The third kappa shape index (κ3) is 3.13. The molecule has 1 aliphatic rings. The average molecular weight is 271 g/mol. The van der Waals surface area contributed by atoms with Crippen molar-refractivity contribution in [3.05, 3.63) is 29.8 Å². The van der Waals surface area contributed by atoms with E-state index in [9.17, 15) is 5.26 Å². The molecular weight excluding hydrogens is 246 g/mol. The highest BCUT2D eigenvalue weighted by atomic mass is 15.1. The second-order valence-electron chi connectivity index (χ2n) is 5.55. The number of rotatable bonds is 7. The minimum absolute atomic E-state index is 0.339. The van der Waals surface area contributed by atoms with Crippen LogP contribution >= 0.6 is 0 Å². The van der Waals surface area contributed by atoms with Crippen LogP contribution in [0, 0.1) is 11.3 Å². The standard InChI is InChI=1S/C17H25N3/c1-3-17(14-18,19-4-2)11-7-12-20-13-10-15-8-5-6-9-16(15)20/h5-6,8-9,19H,3-4,7,10-13H2,1-2H3. The van der Waals surface area contributed by atoms with Crippen molar-refractivity contribution < 1.29 is 0 Å². The Morgan fingerprint density at radius 1 is 1.35 bits per heavy atom. The maximum atomic E-state index is 9.43. The van der Waals surface area contributed by atoms with Crippen LogP contribution in [0.4, 0.5) is 5.69 Å². The topological polar surface area (TPSA) is 39.1 Å². The van der Waals surface area contributed by atoms with E-state index in [4.69, 9.17) is 0 Å². The molecule has 2 rings (SSSR count). The van der Waals surface area contributed by atoms with Crippen molar-refractivity contribution in [1.82, 2.24) is 5.32 Å². The van der Waals surface area contributed by atoms with Gasteiger partial charge in [0.2, 0.25) is 0 Å². The van der Waals surface area contributed by atoms with E-state index in [0.717, 1.165) is 45.3 Å². The lowest BCUT2D eigenvalue weighted by molar-refractivity contribution is 0.373. The Morgan fingerprint density at radius 3 is 2.85 bits per heavy atom. The summed E-state index contributed by atoms with van der Waals surface area (Å²) in [5, 5.41) is 12.8. The summed E-state index contributed by atoms with van der Waals surface area (Å²) < 4.78 is 0. The van der Waals surface area contributed by atoms with Gasteiger partial charge in [-0.05, 0) is 43.9 Å². The zero-order chi connectivity index (χ0) is 14.4. The van der Waals surface area contributed by atoms with Crippen LogP contribution < -0.4 is 10.2 Å². The number of hydrogen-bond donors (Lipinski definition) is 1. The molecule has 0 fully saturated rings. The number of fused-ring (bicyclic) bond motifs is 1. The van der Waals surface area contributed by atoms with Gasteiger partial charge in [0.25, 0.3) is 0 Å². The Bertz CT molecular complexity index is 477. The third-order valence-corrected chi connectivity index (χ3v) is 4.35. The number of nitrogens with zero attached hydrogens (tertiary/aromatic N) is 2. The van der Waals surface area contributed by atoms with Gasteiger partial charge in [-0.1, -0.05) is 32.0 Å². The predicted molar refractivity (Wildman–Crippen MR) is 83.9 cm³/mol. The molecule has 0 saturated heterocycles. The zero-order valence-electron chi connectivity index (χ0n) is 12.7. The van der Waals surface area contributed by atoms with Gasteiger partial charge >= 0.3 is 0 Å². The first kappa shape index (κ1) is 14.9. The van der Waals surface area contributed by atoms with Crippen molar-refractivity contribution >= 4 is 5.69 Å². The van der Waals surface area contributed by atoms with E-state index in [2.05, 4.69) is 54.4 Å². The molecule has 0 spiro atoms. The quantitative estimate of drug-likeness (QED) is 0.828. The molecule has 20 heavy (non-hydrogen) atoms. The van der Waals surface area contributed by atoms with E-state index in [0.29, 0.717) is 0 Å². The Morgan fingerprint density at radius 2 is 2.15 bits per heavy atom. The van der Waals surface area contributed by atoms with Crippen molar-refractivity contribution in [2.75, 3.05) is 24.5 Å². The molecular formula is C17H25N3. The van der Waals surface area contributed by atoms with Gasteiger partial charge < -0.3 is 4.90 Å². The van der Waals surface area contributed by atoms with Gasteiger partial charge in [0, 0.05) is 18.8 Å². The lowest BCUT2D eigenvalue weighted by Gasteiger charge is -2.27. The van der Waals surface area contributed by atoms with Gasteiger partial charge in [-0.2, -0.15) is 5.26 Å². The van der Waals surface area contributed by atoms with Crippen LogP contribution in [0.5, 0.6) is 0 Å². The summed E-state index contributed by atoms with van der Waals surface area (Å²) >= 11 is 0. The maximum absolute atomic E-state index is 9.43. The fraction of sp³-hybridized carbons (Fsp3) is 0.588. The van der Waals surface area contributed by atoms with Crippen LogP contribution in [0.2, 0.25) is 0 Å². The zero-order valence-corrected chi connectivity index (χ0v) is 12.7. The van der Waals surface area contributed by atoms with E-state index >= 15 is 0 Å². The first-order valence-electron chi connectivity index (χ1n) is 7.74. The number of anilines is 1. The molecule has 108 valence electrons. The summed E-state index contributed by atoms with van der Waals surface area (Å²) in [6, 6.07) is 11.1. The van der Waals surface area contributed by atoms with Crippen molar-refractivity contribution in [2.45, 2.75) is 45.1 Å². The van der Waals surface area contributed by atoms with E-state index in [1.165, 1.54) is 11.3 Å². The Kier molecular flexibility index (Phi) is 5.03. The van der Waals surface area contributed by atoms with Gasteiger partial charge in [0.1, 0.15) is 5.54 Å². The van der Waals surface area contributed by atoms with Crippen molar-refractivity contribution in [3.8, 4) is 6.07 Å². The van der Waals surface area contributed by atoms with Gasteiger partial charge in [-0.25, -0.2) is 0 Å². The molecule has 0 aliphatic carbocycles. The average Bonchev–Trinajstić information content (AvgIpc) is 2.90. The highest BCUT2D eigenvalue weighted by Gasteiger charge is 2.27. The van der Waals surface area contributed by atoms with E-state index in [1.54, 1.807) is 0 Å². The number of para-hydroxylation sites is 1. The summed E-state index contributed by atoms with van der Waals surface area (Å²) in [4.78, 5) is 2.46. The minimum atomic E-state index is -0.339. The van der Waals surface area contributed by atoms with Crippen molar-refractivity contribution in [2.24, 2.45) is 0 Å². The fourth-order valence-corrected chi connectivity index (χ4v) is 3.11. The van der Waals surface area contributed by atoms with Crippen LogP contribution in [0.1, 0.15) is 38.7 Å². The van der Waals surface area contributed by atoms with Crippen LogP contribution in [0.3, 0.4) is 0 Å². The number of nitriles is 1. The summed E-state index contributed by atoms with van der Waals surface area (Å²) in [6.45, 7) is 7.18. The normalized spacial score (nSPS) is 16.6. The molecule has 3 heteroatoms. The molecule has 3 nitrogen and oxygen atoms in total. The fourth-order valence-electron chi connectivity index (χ4n) is 3.11. The molecule has 1 heterocycles. The van der Waals surface area contributed by atoms with Crippen molar-refractivity contribution in [3.63, 3.8) is 0 Å². The lowest BCUT2D eigenvalue weighted by Crippen LogP contribution is -2.43. The predicted octanol–water partition coefficient (Wildman–Crippen LogP) is 3.11. The molecule has 0 bridgehead atoms. The van der Waals surface area contributed by atoms with Gasteiger partial charge in [0.05, 0.1) is 6.07 Å². The number of hydrogen-bond acceptors (Lipinski definition) is 3. The second-order valence-corrected chi connectivity index (χ2v) is 5.55. The van der Waals surface area contributed by atoms with E-state index in [1.807, 2.05) is 0 Å². The summed E-state index contributed by atoms with van der Waals surface area (Å²) in [5.41, 5.74) is 2.50. The van der Waals surface area contributed by atoms with E-state index in [-0.39, 0.29) is 5.54 Å². The molecule has 1 aliphatic heterocycles. The monoisotopic (exact) mass is 271 g/mol. The van der Waals surface area contributed by atoms with Gasteiger partial charge in [0.15, 0.2) is 0 Å². The van der Waals surface area contributed by atoms with Crippen LogP contribution in [-0.2, 0) is 6.42 Å². The Labute approximate surface area is 122 Å². The second kappa shape index (κ2) is 6.76. The molecule has 1 unspecified atom stereocenters. The molecule has 0 radical (unpaired) electrons. The SMILES string of the molecule is CCNC(C#N)(CC)CCCN1CCc2ccccc21. The first-order chi connectivity index (χ1) is 9.74. The Hall–Kier alpha value is -1.53. The Balaban J connectivity index is 1.89. The number of nitrogens with one attached hydrogen (secondary N) is 1. The largest absolute Gasteiger partial charge is 0.371 e. The highest BCUT2D eigenvalue weighted by molar-refractivity contribution is 5.57. The molecule has 1 aromatic rings. The number of benzene rings is 1. The highest BCUT2D eigenvalue weighted by Crippen LogP contribution is 2.28. The molecule has 1 aromatic carbocycles. The molecule has 0 aromatic heterocycles. The van der Waals surface area contributed by atoms with E-state index < -0.39 is 0 Å². The molecule has 0 saturated carbocycles. The third-order valence-electron chi connectivity index (χ3n) is 4.35. The van der Waals surface area contributed by atoms with Gasteiger partial charge in [-0.15, -0.1) is 0 Å². The summed E-state index contributed by atoms with van der Waals surface area (Å²) in [5.74, 6) is 0. The van der Waals surface area contributed by atoms with Crippen LogP contribution in [0.15, 0.2) is 24.3 Å². The summed E-state index contributed by atoms with van der Waals surface area (Å²) in [6.07, 6.45) is 4.00. The summed E-state index contributed by atoms with van der Waals surface area (Å²) in [7, 11) is 0. The maximum Gasteiger partial charge on any atom is 0.106 e. The minimum Gasteiger partial charge on any atom is -0.371 e. The van der Waals surface area contributed by atoms with Crippen molar-refractivity contribution in [1.29, 1.82) is 5.26 Å².